The minimum absolute atomic E-state index is 0.0392. The molecule has 25 heavy (non-hydrogen) atoms. The number of nitrogens with one attached hydrogen (secondary N) is 3. The highest BCUT2D eigenvalue weighted by Gasteiger charge is 2.52. The van der Waals surface area contributed by atoms with Crippen molar-refractivity contribution in [1.82, 2.24) is 16.0 Å². The summed E-state index contributed by atoms with van der Waals surface area (Å²) in [4.78, 5) is 35.2. The van der Waals surface area contributed by atoms with Crippen LogP contribution in [0.2, 0.25) is 0 Å². The van der Waals surface area contributed by atoms with Crippen molar-refractivity contribution in [3.63, 3.8) is 0 Å². The van der Waals surface area contributed by atoms with Crippen molar-refractivity contribution < 1.29 is 19.5 Å². The first-order valence-electron chi connectivity index (χ1n) is 9.49. The van der Waals surface area contributed by atoms with Crippen LogP contribution in [0.4, 0.5) is 4.79 Å². The van der Waals surface area contributed by atoms with Gasteiger partial charge in [-0.25, -0.2) is 9.59 Å². The second-order valence-corrected chi connectivity index (χ2v) is 8.76. The minimum atomic E-state index is -1.06. The Morgan fingerprint density at radius 3 is 1.96 bits per heavy atom. The lowest BCUT2D eigenvalue weighted by atomic mass is 9.53. The van der Waals surface area contributed by atoms with Gasteiger partial charge in [0.15, 0.2) is 0 Å². The zero-order valence-electron chi connectivity index (χ0n) is 14.5. The fraction of sp³-hybridized carbons (Fsp3) is 0.833. The SMILES string of the molecule is O=C(CCNC(=O)NC12CC3CC(CC(C3)C1)C2)NC1(C(=O)O)CC1. The summed E-state index contributed by atoms with van der Waals surface area (Å²) < 4.78 is 0. The normalized spacial score (nSPS) is 36.6. The molecule has 0 aromatic heterocycles. The number of carboxylic acid groups (broad SMARTS) is 1. The van der Waals surface area contributed by atoms with Gasteiger partial charge in [0, 0.05) is 18.5 Å². The Morgan fingerprint density at radius 2 is 1.48 bits per heavy atom. The van der Waals surface area contributed by atoms with Gasteiger partial charge in [0.2, 0.25) is 5.91 Å². The van der Waals surface area contributed by atoms with E-state index in [1.807, 2.05) is 0 Å². The first-order chi connectivity index (χ1) is 11.9. The molecular weight excluding hydrogens is 322 g/mol. The van der Waals surface area contributed by atoms with Crippen LogP contribution in [-0.4, -0.2) is 40.6 Å². The van der Waals surface area contributed by atoms with Gasteiger partial charge in [0.25, 0.3) is 0 Å². The molecule has 4 N–H and O–H groups in total. The number of hydrogen-bond donors (Lipinski definition) is 4. The standard InChI is InChI=1S/C18H27N3O4/c22-14(20-18(2-3-18)15(23)24)1-4-19-16(25)21-17-8-11-5-12(9-17)7-13(6-11)10-17/h11-13H,1-10H2,(H,20,22)(H,23,24)(H2,19,21,25). The van der Waals surface area contributed by atoms with E-state index >= 15 is 0 Å². The van der Waals surface area contributed by atoms with Crippen LogP contribution >= 0.6 is 0 Å². The fourth-order valence-corrected chi connectivity index (χ4v) is 5.69. The van der Waals surface area contributed by atoms with Gasteiger partial charge in [0.1, 0.15) is 5.54 Å². The number of amides is 3. The largest absolute Gasteiger partial charge is 0.480 e. The number of hydrogen-bond acceptors (Lipinski definition) is 3. The molecular formula is C18H27N3O4. The van der Waals surface area contributed by atoms with Gasteiger partial charge in [-0.15, -0.1) is 0 Å². The van der Waals surface area contributed by atoms with E-state index in [4.69, 9.17) is 5.11 Å². The third-order valence-corrected chi connectivity index (χ3v) is 6.59. The molecule has 5 aliphatic rings. The predicted octanol–water partition coefficient (Wildman–Crippen LogP) is 1.38. The summed E-state index contributed by atoms with van der Waals surface area (Å²) in [5.41, 5.74) is -1.10. The number of urea groups is 1. The molecule has 0 aromatic rings. The zero-order chi connectivity index (χ0) is 17.7. The van der Waals surface area contributed by atoms with Gasteiger partial charge >= 0.3 is 12.0 Å². The van der Waals surface area contributed by atoms with Crippen molar-refractivity contribution in [2.24, 2.45) is 17.8 Å². The number of aliphatic carboxylic acids is 1. The topological polar surface area (TPSA) is 108 Å². The lowest BCUT2D eigenvalue weighted by Crippen LogP contribution is -2.61. The molecule has 0 aromatic carbocycles. The molecule has 0 aliphatic heterocycles. The summed E-state index contributed by atoms with van der Waals surface area (Å²) in [6, 6.07) is -0.200. The first kappa shape index (κ1) is 16.7. The predicted molar refractivity (Wildman–Crippen MR) is 89.8 cm³/mol. The van der Waals surface area contributed by atoms with Gasteiger partial charge in [-0.05, 0) is 69.1 Å². The molecule has 0 heterocycles. The van der Waals surface area contributed by atoms with Crippen LogP contribution in [0.1, 0.15) is 57.8 Å². The molecule has 0 atom stereocenters. The van der Waals surface area contributed by atoms with Gasteiger partial charge < -0.3 is 21.1 Å². The number of carbonyl (C=O) groups excluding carboxylic acids is 2. The average Bonchev–Trinajstić information content (AvgIpc) is 3.26. The molecule has 0 radical (unpaired) electrons. The van der Waals surface area contributed by atoms with Crippen LogP contribution in [-0.2, 0) is 9.59 Å². The molecule has 0 spiro atoms. The third-order valence-electron chi connectivity index (χ3n) is 6.59. The highest BCUT2D eigenvalue weighted by Crippen LogP contribution is 2.55. The molecule has 7 heteroatoms. The van der Waals surface area contributed by atoms with Crippen molar-refractivity contribution in [3.8, 4) is 0 Å². The second-order valence-electron chi connectivity index (χ2n) is 8.76. The summed E-state index contributed by atoms with van der Waals surface area (Å²) in [7, 11) is 0. The van der Waals surface area contributed by atoms with E-state index < -0.39 is 11.5 Å². The Bertz CT molecular complexity index is 564. The van der Waals surface area contributed by atoms with Crippen LogP contribution in [0.15, 0.2) is 0 Å². The van der Waals surface area contributed by atoms with E-state index in [-0.39, 0.29) is 30.4 Å². The lowest BCUT2D eigenvalue weighted by molar-refractivity contribution is -0.143. The van der Waals surface area contributed by atoms with Gasteiger partial charge in [-0.2, -0.15) is 0 Å². The van der Waals surface area contributed by atoms with Gasteiger partial charge in [-0.3, -0.25) is 4.79 Å². The number of rotatable bonds is 6. The van der Waals surface area contributed by atoms with Crippen LogP contribution in [0, 0.1) is 17.8 Å². The van der Waals surface area contributed by atoms with Crippen molar-refractivity contribution in [2.45, 2.75) is 68.9 Å². The molecule has 5 fully saturated rings. The van der Waals surface area contributed by atoms with Crippen LogP contribution < -0.4 is 16.0 Å². The summed E-state index contributed by atoms with van der Waals surface area (Å²) in [5, 5.41) is 17.6. The van der Waals surface area contributed by atoms with E-state index in [9.17, 15) is 14.4 Å². The highest BCUT2D eigenvalue weighted by molar-refractivity contribution is 5.89. The smallest absolute Gasteiger partial charge is 0.329 e. The van der Waals surface area contributed by atoms with Crippen LogP contribution in [0.5, 0.6) is 0 Å². The van der Waals surface area contributed by atoms with Crippen molar-refractivity contribution in [2.75, 3.05) is 6.54 Å². The number of carboxylic acids is 1. The Hall–Kier alpha value is -1.79. The molecule has 5 rings (SSSR count). The maximum Gasteiger partial charge on any atom is 0.329 e. The average molecular weight is 349 g/mol. The van der Waals surface area contributed by atoms with Crippen LogP contribution in [0.25, 0.3) is 0 Å². The quantitative estimate of drug-likeness (QED) is 0.581. The fourth-order valence-electron chi connectivity index (χ4n) is 5.69. The highest BCUT2D eigenvalue weighted by atomic mass is 16.4. The Labute approximate surface area is 147 Å². The maximum absolute atomic E-state index is 12.3. The van der Waals surface area contributed by atoms with E-state index in [2.05, 4.69) is 16.0 Å². The third kappa shape index (κ3) is 3.33. The van der Waals surface area contributed by atoms with E-state index in [0.717, 1.165) is 37.0 Å². The molecule has 3 amide bonds. The zero-order valence-corrected chi connectivity index (χ0v) is 14.5. The lowest BCUT2D eigenvalue weighted by Gasteiger charge is -2.56. The van der Waals surface area contributed by atoms with E-state index in [1.165, 1.54) is 19.3 Å². The summed E-state index contributed by atoms with van der Waals surface area (Å²) >= 11 is 0. The van der Waals surface area contributed by atoms with Gasteiger partial charge in [0.05, 0.1) is 0 Å². The molecule has 138 valence electrons. The monoisotopic (exact) mass is 349 g/mol. The van der Waals surface area contributed by atoms with E-state index in [0.29, 0.717) is 12.8 Å². The number of carbonyl (C=O) groups is 3. The van der Waals surface area contributed by atoms with Crippen molar-refractivity contribution >= 4 is 17.9 Å². The molecule has 4 bridgehead atoms. The minimum Gasteiger partial charge on any atom is -0.480 e. The van der Waals surface area contributed by atoms with Crippen molar-refractivity contribution in [1.29, 1.82) is 0 Å². The second kappa shape index (κ2) is 5.88. The Kier molecular flexibility index (Phi) is 3.92. The molecule has 5 aliphatic carbocycles. The van der Waals surface area contributed by atoms with Crippen LogP contribution in [0.3, 0.4) is 0 Å². The Balaban J connectivity index is 1.21. The molecule has 0 saturated heterocycles. The van der Waals surface area contributed by atoms with Crippen molar-refractivity contribution in [3.05, 3.63) is 0 Å². The first-order valence-corrected chi connectivity index (χ1v) is 9.49. The van der Waals surface area contributed by atoms with Gasteiger partial charge in [-0.1, -0.05) is 0 Å². The molecule has 7 nitrogen and oxygen atoms in total. The summed E-state index contributed by atoms with van der Waals surface area (Å²) in [6.45, 7) is 0.222. The maximum atomic E-state index is 12.3. The summed E-state index contributed by atoms with van der Waals surface area (Å²) in [6.07, 6.45) is 8.32. The summed E-state index contributed by atoms with van der Waals surface area (Å²) in [5.74, 6) is 0.998. The van der Waals surface area contributed by atoms with E-state index in [1.54, 1.807) is 0 Å². The molecule has 0 unspecified atom stereocenters. The Morgan fingerprint density at radius 1 is 0.920 bits per heavy atom. The molecule has 5 saturated carbocycles.